The number of aryl methyl sites for hydroxylation is 1. The second-order valence-electron chi connectivity index (χ2n) is 4.21. The summed E-state index contributed by atoms with van der Waals surface area (Å²) in [6, 6.07) is 1.12. The van der Waals surface area contributed by atoms with Crippen LogP contribution in [0.1, 0.15) is 15.2 Å². The third-order valence-corrected chi connectivity index (χ3v) is 3.73. The first-order valence-electron chi connectivity index (χ1n) is 5.79. The SMILES string of the molecule is Cc1csc(C(=O)O)c1NC(=O)Cn1ccc(=O)[nH]c1=O. The summed E-state index contributed by atoms with van der Waals surface area (Å²) >= 11 is 1.01. The molecule has 0 aliphatic carbocycles. The number of aromatic amines is 1. The van der Waals surface area contributed by atoms with Crippen molar-refractivity contribution in [3.05, 3.63) is 48.9 Å². The highest BCUT2D eigenvalue weighted by atomic mass is 32.1. The normalized spacial score (nSPS) is 10.3. The molecule has 0 fully saturated rings. The van der Waals surface area contributed by atoms with Gasteiger partial charge in [0.15, 0.2) is 0 Å². The van der Waals surface area contributed by atoms with Gasteiger partial charge in [0.05, 0.1) is 5.69 Å². The van der Waals surface area contributed by atoms with Crippen molar-refractivity contribution in [1.29, 1.82) is 0 Å². The Morgan fingerprint density at radius 1 is 1.43 bits per heavy atom. The van der Waals surface area contributed by atoms with E-state index in [0.29, 0.717) is 5.56 Å². The number of nitrogens with one attached hydrogen (secondary N) is 2. The lowest BCUT2D eigenvalue weighted by Crippen LogP contribution is -2.32. The summed E-state index contributed by atoms with van der Waals surface area (Å²) in [5.41, 5.74) is -0.425. The maximum Gasteiger partial charge on any atom is 0.348 e. The fourth-order valence-electron chi connectivity index (χ4n) is 1.66. The van der Waals surface area contributed by atoms with Gasteiger partial charge in [0.2, 0.25) is 5.91 Å². The molecule has 2 heterocycles. The van der Waals surface area contributed by atoms with Crippen molar-refractivity contribution < 1.29 is 14.7 Å². The first kappa shape index (κ1) is 14.7. The van der Waals surface area contributed by atoms with Crippen LogP contribution in [0.2, 0.25) is 0 Å². The number of amides is 1. The number of anilines is 1. The fraction of sp³-hybridized carbons (Fsp3) is 0.167. The number of aromatic carboxylic acids is 1. The van der Waals surface area contributed by atoms with E-state index in [1.54, 1.807) is 12.3 Å². The van der Waals surface area contributed by atoms with E-state index in [2.05, 4.69) is 5.32 Å². The van der Waals surface area contributed by atoms with E-state index in [1.165, 1.54) is 6.20 Å². The van der Waals surface area contributed by atoms with Crippen molar-refractivity contribution in [2.24, 2.45) is 0 Å². The number of hydrogen-bond acceptors (Lipinski definition) is 5. The Morgan fingerprint density at radius 3 is 2.76 bits per heavy atom. The number of carboxylic acid groups (broad SMARTS) is 1. The molecule has 0 aliphatic rings. The largest absolute Gasteiger partial charge is 0.477 e. The van der Waals surface area contributed by atoms with Crippen LogP contribution in [0.25, 0.3) is 0 Å². The van der Waals surface area contributed by atoms with Gasteiger partial charge in [0, 0.05) is 12.3 Å². The van der Waals surface area contributed by atoms with Gasteiger partial charge in [-0.05, 0) is 17.9 Å². The molecule has 2 aromatic heterocycles. The Bertz CT molecular complexity index is 817. The van der Waals surface area contributed by atoms with E-state index in [-0.39, 0.29) is 17.1 Å². The Labute approximate surface area is 121 Å². The lowest BCUT2D eigenvalue weighted by molar-refractivity contribution is -0.116. The maximum atomic E-state index is 11.9. The molecule has 2 aromatic rings. The minimum Gasteiger partial charge on any atom is -0.477 e. The van der Waals surface area contributed by atoms with E-state index in [0.717, 1.165) is 22.0 Å². The third-order valence-electron chi connectivity index (χ3n) is 2.64. The minimum atomic E-state index is -1.13. The molecule has 0 aliphatic heterocycles. The van der Waals surface area contributed by atoms with Gasteiger partial charge in [-0.2, -0.15) is 0 Å². The molecule has 8 nitrogen and oxygen atoms in total. The molecule has 0 radical (unpaired) electrons. The number of carbonyl (C=O) groups is 2. The van der Waals surface area contributed by atoms with Crippen LogP contribution in [0.3, 0.4) is 0 Å². The molecule has 0 saturated carbocycles. The lowest BCUT2D eigenvalue weighted by atomic mass is 10.2. The second kappa shape index (κ2) is 5.75. The average Bonchev–Trinajstić information content (AvgIpc) is 2.75. The predicted molar refractivity (Wildman–Crippen MR) is 76.0 cm³/mol. The summed E-state index contributed by atoms with van der Waals surface area (Å²) < 4.78 is 1.01. The quantitative estimate of drug-likeness (QED) is 0.747. The summed E-state index contributed by atoms with van der Waals surface area (Å²) in [5.74, 6) is -1.70. The molecule has 1 amide bonds. The molecule has 9 heteroatoms. The maximum absolute atomic E-state index is 11.9. The van der Waals surface area contributed by atoms with Gasteiger partial charge in [-0.3, -0.25) is 19.1 Å². The summed E-state index contributed by atoms with van der Waals surface area (Å²) in [5, 5.41) is 13.1. The fourth-order valence-corrected chi connectivity index (χ4v) is 2.50. The molecule has 0 spiro atoms. The molecule has 0 saturated heterocycles. The minimum absolute atomic E-state index is 0.0228. The van der Waals surface area contributed by atoms with Crippen LogP contribution in [0.5, 0.6) is 0 Å². The van der Waals surface area contributed by atoms with Crippen molar-refractivity contribution in [1.82, 2.24) is 9.55 Å². The van der Waals surface area contributed by atoms with Crippen LogP contribution in [0.4, 0.5) is 5.69 Å². The smallest absolute Gasteiger partial charge is 0.348 e. The van der Waals surface area contributed by atoms with E-state index < -0.39 is 23.1 Å². The van der Waals surface area contributed by atoms with Crippen LogP contribution in [0, 0.1) is 6.92 Å². The summed E-state index contributed by atoms with van der Waals surface area (Å²) in [6.45, 7) is 1.34. The molecule has 3 N–H and O–H groups in total. The van der Waals surface area contributed by atoms with Gasteiger partial charge in [0.25, 0.3) is 5.56 Å². The number of thiophene rings is 1. The predicted octanol–water partition coefficient (Wildman–Crippen LogP) is 0.243. The van der Waals surface area contributed by atoms with Crippen molar-refractivity contribution in [2.75, 3.05) is 5.32 Å². The van der Waals surface area contributed by atoms with Crippen LogP contribution in [0.15, 0.2) is 27.2 Å². The molecule has 0 bridgehead atoms. The highest BCUT2D eigenvalue weighted by Gasteiger charge is 2.17. The Morgan fingerprint density at radius 2 is 2.14 bits per heavy atom. The van der Waals surface area contributed by atoms with Gasteiger partial charge >= 0.3 is 11.7 Å². The zero-order chi connectivity index (χ0) is 15.6. The molecule has 0 aromatic carbocycles. The van der Waals surface area contributed by atoms with Crippen LogP contribution in [-0.4, -0.2) is 26.5 Å². The van der Waals surface area contributed by atoms with E-state index in [1.807, 2.05) is 4.98 Å². The van der Waals surface area contributed by atoms with Gasteiger partial charge < -0.3 is 10.4 Å². The molecule has 0 atom stereocenters. The highest BCUT2D eigenvalue weighted by Crippen LogP contribution is 2.27. The first-order chi connectivity index (χ1) is 9.88. The lowest BCUT2D eigenvalue weighted by Gasteiger charge is -2.07. The molecule has 2 rings (SSSR count). The average molecular weight is 309 g/mol. The monoisotopic (exact) mass is 309 g/mol. The third kappa shape index (κ3) is 3.26. The van der Waals surface area contributed by atoms with Crippen molar-refractivity contribution in [3.8, 4) is 0 Å². The van der Waals surface area contributed by atoms with E-state index in [4.69, 9.17) is 5.11 Å². The molecular formula is C12H11N3O5S. The van der Waals surface area contributed by atoms with Crippen molar-refractivity contribution in [3.63, 3.8) is 0 Å². The highest BCUT2D eigenvalue weighted by molar-refractivity contribution is 7.12. The van der Waals surface area contributed by atoms with Crippen molar-refractivity contribution >= 4 is 28.9 Å². The first-order valence-corrected chi connectivity index (χ1v) is 6.67. The number of rotatable bonds is 4. The van der Waals surface area contributed by atoms with E-state index in [9.17, 15) is 19.2 Å². The standard InChI is InChI=1S/C12H11N3O5S/c1-6-5-21-10(11(18)19)9(6)13-8(17)4-15-3-2-7(16)14-12(15)20/h2-3,5H,4H2,1H3,(H,13,17)(H,18,19)(H,14,16,20). The molecular weight excluding hydrogens is 298 g/mol. The summed E-state index contributed by atoms with van der Waals surface area (Å²) in [6.07, 6.45) is 1.19. The second-order valence-corrected chi connectivity index (χ2v) is 5.09. The topological polar surface area (TPSA) is 121 Å². The zero-order valence-electron chi connectivity index (χ0n) is 10.9. The molecule has 21 heavy (non-hydrogen) atoms. The van der Waals surface area contributed by atoms with Crippen LogP contribution >= 0.6 is 11.3 Å². The number of carboxylic acids is 1. The summed E-state index contributed by atoms with van der Waals surface area (Å²) in [4.78, 5) is 47.3. The number of carbonyl (C=O) groups excluding carboxylic acids is 1. The number of nitrogens with zero attached hydrogens (tertiary/aromatic N) is 1. The van der Waals surface area contributed by atoms with Crippen LogP contribution in [-0.2, 0) is 11.3 Å². The number of aromatic nitrogens is 2. The molecule has 110 valence electrons. The van der Waals surface area contributed by atoms with Gasteiger partial charge in [-0.1, -0.05) is 0 Å². The molecule has 0 unspecified atom stereocenters. The summed E-state index contributed by atoms with van der Waals surface area (Å²) in [7, 11) is 0. The Kier molecular flexibility index (Phi) is 4.03. The Balaban J connectivity index is 2.19. The van der Waals surface area contributed by atoms with Crippen molar-refractivity contribution in [2.45, 2.75) is 13.5 Å². The van der Waals surface area contributed by atoms with Gasteiger partial charge in [-0.15, -0.1) is 11.3 Å². The number of hydrogen-bond donors (Lipinski definition) is 3. The van der Waals surface area contributed by atoms with Gasteiger partial charge in [0.1, 0.15) is 11.4 Å². The van der Waals surface area contributed by atoms with Crippen LogP contribution < -0.4 is 16.6 Å². The number of H-pyrrole nitrogens is 1. The zero-order valence-corrected chi connectivity index (χ0v) is 11.7. The van der Waals surface area contributed by atoms with Gasteiger partial charge in [-0.25, -0.2) is 9.59 Å². The van der Waals surface area contributed by atoms with E-state index >= 15 is 0 Å². The Hall–Kier alpha value is -2.68.